The molecular formula is C15H30N2O. The van der Waals surface area contributed by atoms with Crippen LogP contribution in [-0.2, 0) is 4.79 Å². The Morgan fingerprint density at radius 2 is 2.00 bits per heavy atom. The van der Waals surface area contributed by atoms with E-state index in [0.717, 1.165) is 38.3 Å². The van der Waals surface area contributed by atoms with E-state index < -0.39 is 0 Å². The van der Waals surface area contributed by atoms with Gasteiger partial charge in [0.15, 0.2) is 0 Å². The minimum Gasteiger partial charge on any atom is -0.345 e. The second kappa shape index (κ2) is 8.52. The van der Waals surface area contributed by atoms with Crippen LogP contribution in [0.3, 0.4) is 0 Å². The molecule has 0 aromatic carbocycles. The third-order valence-corrected chi connectivity index (χ3v) is 4.35. The van der Waals surface area contributed by atoms with Gasteiger partial charge in [0, 0.05) is 20.0 Å². The van der Waals surface area contributed by atoms with E-state index in [4.69, 9.17) is 5.73 Å². The third kappa shape index (κ3) is 5.38. The molecule has 18 heavy (non-hydrogen) atoms. The molecule has 106 valence electrons. The average Bonchev–Trinajstić information content (AvgIpc) is 2.86. The monoisotopic (exact) mass is 254 g/mol. The fraction of sp³-hybridized carbons (Fsp3) is 0.933. The van der Waals surface area contributed by atoms with Gasteiger partial charge in [-0.05, 0) is 44.1 Å². The Balaban J connectivity index is 2.21. The zero-order valence-corrected chi connectivity index (χ0v) is 12.2. The van der Waals surface area contributed by atoms with Gasteiger partial charge in [-0.1, -0.05) is 26.2 Å². The van der Waals surface area contributed by atoms with Gasteiger partial charge in [-0.3, -0.25) is 4.79 Å². The number of nitrogens with two attached hydrogens (primary N) is 1. The van der Waals surface area contributed by atoms with Crippen molar-refractivity contribution in [1.29, 1.82) is 0 Å². The lowest BCUT2D eigenvalue weighted by Gasteiger charge is -2.22. The molecular weight excluding hydrogens is 224 g/mol. The topological polar surface area (TPSA) is 46.3 Å². The van der Waals surface area contributed by atoms with Gasteiger partial charge in [-0.25, -0.2) is 0 Å². The number of rotatable bonds is 8. The van der Waals surface area contributed by atoms with Crippen molar-refractivity contribution >= 4 is 5.91 Å². The second-order valence-electron chi connectivity index (χ2n) is 5.82. The van der Waals surface area contributed by atoms with Crippen LogP contribution < -0.4 is 5.73 Å². The highest BCUT2D eigenvalue weighted by molar-refractivity contribution is 5.75. The summed E-state index contributed by atoms with van der Waals surface area (Å²) < 4.78 is 0. The zero-order valence-electron chi connectivity index (χ0n) is 12.2. The summed E-state index contributed by atoms with van der Waals surface area (Å²) in [7, 11) is 1.96. The molecule has 1 atom stereocenters. The summed E-state index contributed by atoms with van der Waals surface area (Å²) in [6, 6.07) is 0. The van der Waals surface area contributed by atoms with E-state index in [-0.39, 0.29) is 0 Å². The van der Waals surface area contributed by atoms with E-state index >= 15 is 0 Å². The maximum Gasteiger partial charge on any atom is 0.222 e. The van der Waals surface area contributed by atoms with Crippen LogP contribution in [-0.4, -0.2) is 30.9 Å². The Labute approximate surface area is 112 Å². The van der Waals surface area contributed by atoms with E-state index in [1.807, 2.05) is 11.9 Å². The van der Waals surface area contributed by atoms with Crippen LogP contribution in [0.1, 0.15) is 58.3 Å². The summed E-state index contributed by atoms with van der Waals surface area (Å²) in [4.78, 5) is 14.0. The van der Waals surface area contributed by atoms with Crippen molar-refractivity contribution < 1.29 is 4.79 Å². The Morgan fingerprint density at radius 1 is 1.33 bits per heavy atom. The molecule has 1 unspecified atom stereocenters. The normalized spacial score (nSPS) is 17.9. The van der Waals surface area contributed by atoms with Crippen molar-refractivity contribution in [2.24, 2.45) is 17.6 Å². The lowest BCUT2D eigenvalue weighted by atomic mass is 9.96. The van der Waals surface area contributed by atoms with Crippen molar-refractivity contribution in [2.45, 2.75) is 58.3 Å². The Kier molecular flexibility index (Phi) is 7.33. The molecule has 2 N–H and O–H groups in total. The molecule has 3 heteroatoms. The first-order valence-electron chi connectivity index (χ1n) is 7.61. The zero-order chi connectivity index (χ0) is 13.4. The summed E-state index contributed by atoms with van der Waals surface area (Å²) >= 11 is 0. The Bertz CT molecular complexity index is 237. The van der Waals surface area contributed by atoms with E-state index in [1.165, 1.54) is 25.7 Å². The van der Waals surface area contributed by atoms with Crippen LogP contribution in [0.4, 0.5) is 0 Å². The number of carbonyl (C=O) groups excluding carboxylic acids is 1. The molecule has 0 heterocycles. The quantitative estimate of drug-likeness (QED) is 0.724. The summed E-state index contributed by atoms with van der Waals surface area (Å²) in [6.07, 6.45) is 9.20. The minimum absolute atomic E-state index is 0.317. The summed E-state index contributed by atoms with van der Waals surface area (Å²) in [5.74, 6) is 1.70. The maximum atomic E-state index is 12.1. The molecule has 1 aliphatic rings. The van der Waals surface area contributed by atoms with Gasteiger partial charge in [-0.15, -0.1) is 0 Å². The van der Waals surface area contributed by atoms with Crippen LogP contribution in [0, 0.1) is 11.8 Å². The summed E-state index contributed by atoms with van der Waals surface area (Å²) in [5.41, 5.74) is 5.58. The van der Waals surface area contributed by atoms with E-state index in [1.54, 1.807) is 0 Å². The first-order valence-corrected chi connectivity index (χ1v) is 7.61. The van der Waals surface area contributed by atoms with E-state index in [2.05, 4.69) is 6.92 Å². The predicted molar refractivity (Wildman–Crippen MR) is 76.3 cm³/mol. The van der Waals surface area contributed by atoms with Gasteiger partial charge in [-0.2, -0.15) is 0 Å². The van der Waals surface area contributed by atoms with Gasteiger partial charge in [0.2, 0.25) is 5.91 Å². The van der Waals surface area contributed by atoms with Gasteiger partial charge in [0.25, 0.3) is 0 Å². The van der Waals surface area contributed by atoms with Crippen LogP contribution >= 0.6 is 0 Å². The largest absolute Gasteiger partial charge is 0.345 e. The van der Waals surface area contributed by atoms with E-state index in [9.17, 15) is 4.79 Å². The molecule has 0 radical (unpaired) electrons. The first kappa shape index (κ1) is 15.5. The fourth-order valence-corrected chi connectivity index (χ4v) is 2.99. The molecule has 1 amide bonds. The lowest BCUT2D eigenvalue weighted by molar-refractivity contribution is -0.130. The van der Waals surface area contributed by atoms with Crippen molar-refractivity contribution in [3.8, 4) is 0 Å². The average molecular weight is 254 g/mol. The Hall–Kier alpha value is -0.570. The number of amides is 1. The smallest absolute Gasteiger partial charge is 0.222 e. The molecule has 0 saturated heterocycles. The molecule has 3 nitrogen and oxygen atoms in total. The second-order valence-corrected chi connectivity index (χ2v) is 5.82. The SMILES string of the molecule is CCC(CCN)CCC(=O)N(C)CC1CCCC1. The summed E-state index contributed by atoms with van der Waals surface area (Å²) in [6.45, 7) is 3.89. The number of hydrogen-bond acceptors (Lipinski definition) is 2. The van der Waals surface area contributed by atoms with Gasteiger partial charge >= 0.3 is 0 Å². The van der Waals surface area contributed by atoms with Gasteiger partial charge in [0.05, 0.1) is 0 Å². The first-order chi connectivity index (χ1) is 8.67. The highest BCUT2D eigenvalue weighted by atomic mass is 16.2. The van der Waals surface area contributed by atoms with Crippen molar-refractivity contribution in [2.75, 3.05) is 20.1 Å². The molecule has 1 aliphatic carbocycles. The molecule has 1 fully saturated rings. The fourth-order valence-electron chi connectivity index (χ4n) is 2.99. The summed E-state index contributed by atoms with van der Waals surface area (Å²) in [5, 5.41) is 0. The number of carbonyl (C=O) groups is 1. The molecule has 0 spiro atoms. The van der Waals surface area contributed by atoms with Crippen LogP contribution in [0.15, 0.2) is 0 Å². The molecule has 1 saturated carbocycles. The lowest BCUT2D eigenvalue weighted by Crippen LogP contribution is -2.31. The predicted octanol–water partition coefficient (Wildman–Crippen LogP) is 2.79. The molecule has 0 aliphatic heterocycles. The maximum absolute atomic E-state index is 12.1. The van der Waals surface area contributed by atoms with Gasteiger partial charge < -0.3 is 10.6 Å². The van der Waals surface area contributed by atoms with Gasteiger partial charge in [0.1, 0.15) is 0 Å². The van der Waals surface area contributed by atoms with Crippen LogP contribution in [0.2, 0.25) is 0 Å². The molecule has 1 rings (SSSR count). The Morgan fingerprint density at radius 3 is 2.56 bits per heavy atom. The molecule has 0 aromatic heterocycles. The van der Waals surface area contributed by atoms with Crippen molar-refractivity contribution in [1.82, 2.24) is 4.90 Å². The third-order valence-electron chi connectivity index (χ3n) is 4.35. The number of nitrogens with zero attached hydrogens (tertiary/aromatic N) is 1. The van der Waals surface area contributed by atoms with Crippen LogP contribution in [0.25, 0.3) is 0 Å². The van der Waals surface area contributed by atoms with Crippen molar-refractivity contribution in [3.05, 3.63) is 0 Å². The molecule has 0 aromatic rings. The highest BCUT2D eigenvalue weighted by Gasteiger charge is 2.19. The highest BCUT2D eigenvalue weighted by Crippen LogP contribution is 2.25. The minimum atomic E-state index is 0.317. The number of hydrogen-bond donors (Lipinski definition) is 1. The van der Waals surface area contributed by atoms with E-state index in [0.29, 0.717) is 18.2 Å². The van der Waals surface area contributed by atoms with Crippen LogP contribution in [0.5, 0.6) is 0 Å². The molecule has 0 bridgehead atoms. The van der Waals surface area contributed by atoms with Crippen molar-refractivity contribution in [3.63, 3.8) is 0 Å². The standard InChI is InChI=1S/C15H30N2O/c1-3-13(10-11-16)8-9-15(18)17(2)12-14-6-4-5-7-14/h13-14H,3-12,16H2,1-2H3.